The van der Waals surface area contributed by atoms with Crippen molar-refractivity contribution in [2.75, 3.05) is 29.1 Å². The molecule has 0 spiro atoms. The SMILES string of the molecule is CCCC/C=C/c1ccc(-c2oc3cc(N(CCCCS(C)(=O)=O)S(C)(=O)=O)c(C4CC4)cc3c2-c2ncc[nH]2)cc1. The van der Waals surface area contributed by atoms with Gasteiger partial charge in [0, 0.05) is 48.0 Å². The van der Waals surface area contributed by atoms with Crippen molar-refractivity contribution in [2.24, 2.45) is 0 Å². The molecule has 2 aromatic carbocycles. The Morgan fingerprint density at radius 2 is 1.81 bits per heavy atom. The average molecular weight is 610 g/mol. The third-order valence-electron chi connectivity index (χ3n) is 7.59. The molecule has 10 heteroatoms. The van der Waals surface area contributed by atoms with E-state index in [2.05, 4.69) is 47.2 Å². The Kier molecular flexibility index (Phi) is 8.94. The van der Waals surface area contributed by atoms with E-state index in [0.29, 0.717) is 35.7 Å². The van der Waals surface area contributed by atoms with Crippen LogP contribution in [0.3, 0.4) is 0 Å². The molecule has 0 bridgehead atoms. The van der Waals surface area contributed by atoms with Crippen molar-refractivity contribution in [3.8, 4) is 22.7 Å². The summed E-state index contributed by atoms with van der Waals surface area (Å²) in [5, 5.41) is 0.875. The second-order valence-electron chi connectivity index (χ2n) is 11.3. The van der Waals surface area contributed by atoms with Gasteiger partial charge in [0.2, 0.25) is 10.0 Å². The van der Waals surface area contributed by atoms with Gasteiger partial charge < -0.3 is 9.40 Å². The number of H-pyrrole nitrogens is 1. The summed E-state index contributed by atoms with van der Waals surface area (Å²) in [6.07, 6.45) is 16.4. The van der Waals surface area contributed by atoms with Crippen molar-refractivity contribution >= 4 is 42.6 Å². The van der Waals surface area contributed by atoms with E-state index in [-0.39, 0.29) is 18.2 Å². The van der Waals surface area contributed by atoms with Crippen LogP contribution in [0.1, 0.15) is 68.9 Å². The smallest absolute Gasteiger partial charge is 0.232 e. The second-order valence-corrected chi connectivity index (χ2v) is 15.4. The maximum absolute atomic E-state index is 13.0. The lowest BCUT2D eigenvalue weighted by atomic mass is 10.00. The molecule has 1 saturated carbocycles. The van der Waals surface area contributed by atoms with Crippen LogP contribution in [0.4, 0.5) is 5.69 Å². The number of unbranched alkanes of at least 4 members (excludes halogenated alkanes) is 3. The van der Waals surface area contributed by atoms with Crippen LogP contribution < -0.4 is 4.31 Å². The molecule has 0 saturated heterocycles. The Hall–Kier alpha value is -3.37. The third kappa shape index (κ3) is 7.15. The van der Waals surface area contributed by atoms with Gasteiger partial charge in [0.05, 0.1) is 17.5 Å². The number of rotatable bonds is 14. The van der Waals surface area contributed by atoms with Crippen LogP contribution in [0.25, 0.3) is 39.8 Å². The number of imidazole rings is 1. The summed E-state index contributed by atoms with van der Waals surface area (Å²) in [5.74, 6) is 1.63. The molecular formula is C32H39N3O5S2. The predicted molar refractivity (Wildman–Crippen MR) is 171 cm³/mol. The van der Waals surface area contributed by atoms with Crippen molar-refractivity contribution in [3.05, 3.63) is 66.0 Å². The van der Waals surface area contributed by atoms with Crippen molar-refractivity contribution in [3.63, 3.8) is 0 Å². The van der Waals surface area contributed by atoms with E-state index in [1.165, 1.54) is 29.7 Å². The first-order chi connectivity index (χ1) is 20.0. The summed E-state index contributed by atoms with van der Waals surface area (Å²) >= 11 is 0. The van der Waals surface area contributed by atoms with Crippen LogP contribution in [0.2, 0.25) is 0 Å². The van der Waals surface area contributed by atoms with Crippen LogP contribution in [-0.2, 0) is 19.9 Å². The summed E-state index contributed by atoms with van der Waals surface area (Å²) in [6.45, 7) is 2.38. The molecule has 2 aromatic heterocycles. The van der Waals surface area contributed by atoms with Gasteiger partial charge >= 0.3 is 0 Å². The first-order valence-corrected chi connectivity index (χ1v) is 18.5. The average Bonchev–Trinajstić information content (AvgIpc) is 3.50. The lowest BCUT2D eigenvalue weighted by Gasteiger charge is -2.25. The van der Waals surface area contributed by atoms with E-state index in [4.69, 9.17) is 4.42 Å². The summed E-state index contributed by atoms with van der Waals surface area (Å²) < 4.78 is 57.2. The number of furan rings is 1. The van der Waals surface area contributed by atoms with Crippen molar-refractivity contribution < 1.29 is 21.3 Å². The fraction of sp³-hybridized carbons (Fsp3) is 0.406. The molecule has 1 fully saturated rings. The molecule has 0 unspecified atom stereocenters. The van der Waals surface area contributed by atoms with Crippen LogP contribution in [-0.4, -0.2) is 51.6 Å². The van der Waals surface area contributed by atoms with Gasteiger partial charge in [0.25, 0.3) is 0 Å². The van der Waals surface area contributed by atoms with Crippen LogP contribution in [0, 0.1) is 0 Å². The molecule has 4 aromatic rings. The Bertz CT molecular complexity index is 1770. The quantitative estimate of drug-likeness (QED) is 0.152. The van der Waals surface area contributed by atoms with Gasteiger partial charge in [-0.3, -0.25) is 4.31 Å². The first kappa shape index (κ1) is 30.1. The molecule has 0 aliphatic heterocycles. The van der Waals surface area contributed by atoms with Gasteiger partial charge in [-0.2, -0.15) is 0 Å². The zero-order valence-electron chi connectivity index (χ0n) is 24.5. The van der Waals surface area contributed by atoms with E-state index in [0.717, 1.165) is 46.9 Å². The molecule has 1 N–H and O–H groups in total. The summed E-state index contributed by atoms with van der Waals surface area (Å²) in [6, 6.07) is 12.1. The molecule has 224 valence electrons. The summed E-state index contributed by atoms with van der Waals surface area (Å²) in [5.41, 5.74) is 4.99. The lowest BCUT2D eigenvalue weighted by molar-refractivity contribution is 0.592. The monoisotopic (exact) mass is 609 g/mol. The highest BCUT2D eigenvalue weighted by Crippen LogP contribution is 2.49. The zero-order valence-corrected chi connectivity index (χ0v) is 26.1. The maximum atomic E-state index is 13.0. The molecule has 0 radical (unpaired) electrons. The highest BCUT2D eigenvalue weighted by molar-refractivity contribution is 7.92. The summed E-state index contributed by atoms with van der Waals surface area (Å²) in [4.78, 5) is 7.77. The van der Waals surface area contributed by atoms with Gasteiger partial charge in [0.1, 0.15) is 27.0 Å². The molecule has 8 nitrogen and oxygen atoms in total. The van der Waals surface area contributed by atoms with Gasteiger partial charge in [-0.05, 0) is 55.2 Å². The van der Waals surface area contributed by atoms with Gasteiger partial charge in [-0.1, -0.05) is 56.2 Å². The van der Waals surface area contributed by atoms with E-state index < -0.39 is 19.9 Å². The van der Waals surface area contributed by atoms with Crippen molar-refractivity contribution in [1.82, 2.24) is 9.97 Å². The minimum absolute atomic E-state index is 0.0283. The van der Waals surface area contributed by atoms with Crippen LogP contribution in [0.15, 0.2) is 59.3 Å². The minimum atomic E-state index is -3.63. The van der Waals surface area contributed by atoms with E-state index in [1.54, 1.807) is 12.4 Å². The number of benzene rings is 2. The van der Waals surface area contributed by atoms with Crippen LogP contribution in [0.5, 0.6) is 0 Å². The standard InChI is InChI=1S/C32H39N3O5S2/c1-4-5-6-7-10-23-11-13-25(14-12-23)31-30(32-33-17-18-34-32)27-21-26(24-15-16-24)28(22-29(27)40-31)35(42(3,38)39)19-8-9-20-41(2,36)37/h7,10-14,17-18,21-22,24H,4-6,8-9,15-16,19-20H2,1-3H3,(H,33,34)/b10-7+. The molecule has 0 atom stereocenters. The number of allylic oxidation sites excluding steroid dienone is 1. The minimum Gasteiger partial charge on any atom is -0.455 e. The zero-order chi connectivity index (χ0) is 29.9. The summed E-state index contributed by atoms with van der Waals surface area (Å²) in [7, 11) is -6.75. The highest BCUT2D eigenvalue weighted by Gasteiger charge is 2.32. The fourth-order valence-electron chi connectivity index (χ4n) is 5.30. The molecule has 1 aliphatic rings. The van der Waals surface area contributed by atoms with Gasteiger partial charge in [0.15, 0.2) is 0 Å². The number of sulfonamides is 1. The maximum Gasteiger partial charge on any atom is 0.232 e. The second kappa shape index (κ2) is 12.5. The number of aromatic nitrogens is 2. The number of nitrogens with zero attached hydrogens (tertiary/aromatic N) is 2. The van der Waals surface area contributed by atoms with Crippen molar-refractivity contribution in [2.45, 2.75) is 57.8 Å². The molecule has 5 rings (SSSR count). The van der Waals surface area contributed by atoms with Gasteiger partial charge in [-0.25, -0.2) is 21.8 Å². The predicted octanol–water partition coefficient (Wildman–Crippen LogP) is 7.16. The molecule has 2 heterocycles. The topological polar surface area (TPSA) is 113 Å². The number of fused-ring (bicyclic) bond motifs is 1. The molecule has 0 amide bonds. The lowest BCUT2D eigenvalue weighted by Crippen LogP contribution is -2.32. The molecular weight excluding hydrogens is 571 g/mol. The largest absolute Gasteiger partial charge is 0.455 e. The molecule has 42 heavy (non-hydrogen) atoms. The van der Waals surface area contributed by atoms with Crippen LogP contribution >= 0.6 is 0 Å². The number of aromatic amines is 1. The Labute approximate surface area is 248 Å². The number of nitrogens with one attached hydrogen (secondary N) is 1. The first-order valence-electron chi connectivity index (χ1n) is 14.6. The Balaban J connectivity index is 1.58. The van der Waals surface area contributed by atoms with E-state index >= 15 is 0 Å². The molecule has 1 aliphatic carbocycles. The van der Waals surface area contributed by atoms with Crippen molar-refractivity contribution in [1.29, 1.82) is 0 Å². The highest BCUT2D eigenvalue weighted by atomic mass is 32.2. The number of hydrogen-bond donors (Lipinski definition) is 1. The Morgan fingerprint density at radius 3 is 2.43 bits per heavy atom. The number of sulfone groups is 1. The van der Waals surface area contributed by atoms with Gasteiger partial charge in [-0.15, -0.1) is 0 Å². The van der Waals surface area contributed by atoms with E-state index in [9.17, 15) is 16.8 Å². The third-order valence-corrected chi connectivity index (χ3v) is 9.80. The van der Waals surface area contributed by atoms with E-state index in [1.807, 2.05) is 18.2 Å². The number of hydrogen-bond acceptors (Lipinski definition) is 6. The normalized spacial score (nSPS) is 14.3. The fourth-order valence-corrected chi connectivity index (χ4v) is 7.00. The number of anilines is 1. The Morgan fingerprint density at radius 1 is 1.05 bits per heavy atom.